The number of rotatable bonds is 4. The zero-order chi connectivity index (χ0) is 10.6. The third kappa shape index (κ3) is 3.29. The van der Waals surface area contributed by atoms with Crippen LogP contribution in [0.15, 0.2) is 12.1 Å². The molecule has 1 aromatic heterocycles. The number of hydrogen-bond acceptors (Lipinski definition) is 4. The fourth-order valence-electron chi connectivity index (χ4n) is 1.03. The molecule has 5 heteroatoms. The van der Waals surface area contributed by atoms with Crippen molar-refractivity contribution in [2.24, 2.45) is 5.73 Å². The van der Waals surface area contributed by atoms with E-state index < -0.39 is 0 Å². The zero-order valence-electron chi connectivity index (χ0n) is 7.83. The van der Waals surface area contributed by atoms with E-state index in [9.17, 15) is 4.79 Å². The van der Waals surface area contributed by atoms with Crippen molar-refractivity contribution >= 4 is 28.9 Å². The molecular weight excluding hydrogens is 222 g/mol. The largest absolute Gasteiger partial charge is 0.466 e. The molecule has 0 aliphatic rings. The molecule has 1 atom stereocenters. The normalized spacial score (nSPS) is 12.5. The number of ether oxygens (including phenoxy) is 1. The first-order chi connectivity index (χ1) is 6.63. The number of thiophene rings is 1. The van der Waals surface area contributed by atoms with Crippen molar-refractivity contribution in [3.8, 4) is 0 Å². The number of esters is 1. The number of halogens is 1. The van der Waals surface area contributed by atoms with Crippen molar-refractivity contribution in [2.45, 2.75) is 19.4 Å². The monoisotopic (exact) mass is 233 g/mol. The van der Waals surface area contributed by atoms with Crippen molar-refractivity contribution in [1.82, 2.24) is 0 Å². The van der Waals surface area contributed by atoms with Crippen molar-refractivity contribution in [1.29, 1.82) is 0 Å². The first kappa shape index (κ1) is 11.5. The molecule has 0 spiro atoms. The van der Waals surface area contributed by atoms with Crippen LogP contribution < -0.4 is 5.73 Å². The van der Waals surface area contributed by atoms with E-state index in [0.717, 1.165) is 4.88 Å². The molecule has 0 radical (unpaired) electrons. The second kappa shape index (κ2) is 5.34. The summed E-state index contributed by atoms with van der Waals surface area (Å²) in [5, 5.41) is 0. The molecule has 0 fully saturated rings. The van der Waals surface area contributed by atoms with Gasteiger partial charge in [-0.05, 0) is 19.1 Å². The van der Waals surface area contributed by atoms with E-state index in [1.165, 1.54) is 11.3 Å². The summed E-state index contributed by atoms with van der Waals surface area (Å²) in [6, 6.07) is 3.29. The van der Waals surface area contributed by atoms with Gasteiger partial charge in [0.1, 0.15) is 0 Å². The molecule has 14 heavy (non-hydrogen) atoms. The van der Waals surface area contributed by atoms with Crippen LogP contribution in [0.5, 0.6) is 0 Å². The molecule has 0 aliphatic heterocycles. The fraction of sp³-hybridized carbons (Fsp3) is 0.444. The first-order valence-electron chi connectivity index (χ1n) is 4.30. The highest BCUT2D eigenvalue weighted by atomic mass is 35.5. The molecule has 2 N–H and O–H groups in total. The molecule has 3 nitrogen and oxygen atoms in total. The third-order valence-corrected chi connectivity index (χ3v) is 3.01. The Morgan fingerprint density at radius 3 is 2.93 bits per heavy atom. The highest BCUT2D eigenvalue weighted by Crippen LogP contribution is 2.27. The summed E-state index contributed by atoms with van der Waals surface area (Å²) in [5.74, 6) is -0.274. The lowest BCUT2D eigenvalue weighted by Gasteiger charge is -2.07. The Hall–Kier alpha value is -0.580. The van der Waals surface area contributed by atoms with Crippen molar-refractivity contribution in [2.75, 3.05) is 6.61 Å². The molecule has 0 unspecified atom stereocenters. The minimum Gasteiger partial charge on any atom is -0.466 e. The quantitative estimate of drug-likeness (QED) is 0.813. The average molecular weight is 234 g/mol. The Bertz CT molecular complexity index is 314. The molecule has 1 heterocycles. The molecule has 78 valence electrons. The van der Waals surface area contributed by atoms with Gasteiger partial charge in [0.25, 0.3) is 0 Å². The van der Waals surface area contributed by atoms with Crippen LogP contribution in [0.1, 0.15) is 24.3 Å². The second-order valence-electron chi connectivity index (χ2n) is 2.76. The van der Waals surface area contributed by atoms with Gasteiger partial charge in [0.05, 0.1) is 17.4 Å². The number of hydrogen-bond donors (Lipinski definition) is 1. The Morgan fingerprint density at radius 1 is 1.71 bits per heavy atom. The molecule has 0 bridgehead atoms. The van der Waals surface area contributed by atoms with Crippen LogP contribution in [0.3, 0.4) is 0 Å². The molecule has 0 aromatic carbocycles. The summed E-state index contributed by atoms with van der Waals surface area (Å²) in [6.45, 7) is 2.15. The summed E-state index contributed by atoms with van der Waals surface area (Å²) in [4.78, 5) is 12.0. The Kier molecular flexibility index (Phi) is 4.38. The Balaban J connectivity index is 2.50. The predicted octanol–water partition coefficient (Wildman–Crippen LogP) is 2.35. The number of nitrogens with two attached hydrogens (primary N) is 1. The van der Waals surface area contributed by atoms with Crippen LogP contribution in [0.2, 0.25) is 4.34 Å². The van der Waals surface area contributed by atoms with Crippen LogP contribution in [-0.2, 0) is 9.53 Å². The summed E-state index contributed by atoms with van der Waals surface area (Å²) in [5.41, 5.74) is 5.79. The van der Waals surface area contributed by atoms with E-state index in [0.29, 0.717) is 10.9 Å². The Morgan fingerprint density at radius 2 is 2.43 bits per heavy atom. The van der Waals surface area contributed by atoms with Gasteiger partial charge >= 0.3 is 5.97 Å². The van der Waals surface area contributed by atoms with E-state index in [1.807, 2.05) is 6.07 Å². The van der Waals surface area contributed by atoms with Crippen LogP contribution in [0, 0.1) is 0 Å². The molecule has 1 rings (SSSR count). The maximum Gasteiger partial charge on any atom is 0.307 e. The van der Waals surface area contributed by atoms with Crippen molar-refractivity contribution < 1.29 is 9.53 Å². The van der Waals surface area contributed by atoms with Gasteiger partial charge in [-0.1, -0.05) is 11.6 Å². The maximum absolute atomic E-state index is 11.1. The summed E-state index contributed by atoms with van der Waals surface area (Å²) in [7, 11) is 0. The van der Waals surface area contributed by atoms with Crippen molar-refractivity contribution in [3.63, 3.8) is 0 Å². The third-order valence-electron chi connectivity index (χ3n) is 1.65. The van der Waals surface area contributed by atoms with Gasteiger partial charge in [0, 0.05) is 10.9 Å². The topological polar surface area (TPSA) is 52.3 Å². The zero-order valence-corrected chi connectivity index (χ0v) is 9.40. The Labute approximate surface area is 91.8 Å². The van der Waals surface area contributed by atoms with Crippen LogP contribution >= 0.6 is 22.9 Å². The van der Waals surface area contributed by atoms with E-state index in [-0.39, 0.29) is 18.4 Å². The predicted molar refractivity (Wildman–Crippen MR) is 57.5 cm³/mol. The molecule has 0 aliphatic carbocycles. The van der Waals surface area contributed by atoms with E-state index >= 15 is 0 Å². The lowest BCUT2D eigenvalue weighted by molar-refractivity contribution is -0.143. The molecular formula is C9H12ClNO2S. The standard InChI is InChI=1S/C9H12ClNO2S/c1-2-13-9(12)5-6(11)7-3-4-8(10)14-7/h3-4,6H,2,5,11H2,1H3/t6-/m1/s1. The second-order valence-corrected chi connectivity index (χ2v) is 4.50. The minimum atomic E-state index is -0.313. The number of carbonyl (C=O) groups is 1. The van der Waals surface area contributed by atoms with Gasteiger partial charge in [-0.15, -0.1) is 11.3 Å². The summed E-state index contributed by atoms with van der Waals surface area (Å²) in [6.07, 6.45) is 0.199. The minimum absolute atomic E-state index is 0.199. The summed E-state index contributed by atoms with van der Waals surface area (Å²) < 4.78 is 5.47. The highest BCUT2D eigenvalue weighted by Gasteiger charge is 2.13. The lowest BCUT2D eigenvalue weighted by Crippen LogP contribution is -2.16. The van der Waals surface area contributed by atoms with E-state index in [2.05, 4.69) is 0 Å². The van der Waals surface area contributed by atoms with E-state index in [1.54, 1.807) is 13.0 Å². The van der Waals surface area contributed by atoms with Gasteiger partial charge in [-0.2, -0.15) is 0 Å². The maximum atomic E-state index is 11.1. The number of carbonyl (C=O) groups excluding carboxylic acids is 1. The SMILES string of the molecule is CCOC(=O)C[C@@H](N)c1ccc(Cl)s1. The van der Waals surface area contributed by atoms with Crippen molar-refractivity contribution in [3.05, 3.63) is 21.3 Å². The molecule has 0 saturated carbocycles. The average Bonchev–Trinajstić information content (AvgIpc) is 2.52. The van der Waals surface area contributed by atoms with Gasteiger partial charge in [-0.3, -0.25) is 4.79 Å². The molecule has 1 aromatic rings. The first-order valence-corrected chi connectivity index (χ1v) is 5.49. The van der Waals surface area contributed by atoms with Crippen LogP contribution in [-0.4, -0.2) is 12.6 Å². The van der Waals surface area contributed by atoms with Crippen LogP contribution in [0.4, 0.5) is 0 Å². The van der Waals surface area contributed by atoms with Gasteiger partial charge in [0.15, 0.2) is 0 Å². The van der Waals surface area contributed by atoms with E-state index in [4.69, 9.17) is 22.1 Å². The smallest absolute Gasteiger partial charge is 0.307 e. The summed E-state index contributed by atoms with van der Waals surface area (Å²) >= 11 is 7.14. The van der Waals surface area contributed by atoms with Crippen LogP contribution in [0.25, 0.3) is 0 Å². The fourth-order valence-corrected chi connectivity index (χ4v) is 2.09. The van der Waals surface area contributed by atoms with Gasteiger partial charge in [-0.25, -0.2) is 0 Å². The highest BCUT2D eigenvalue weighted by molar-refractivity contribution is 7.16. The lowest BCUT2D eigenvalue weighted by atomic mass is 10.2. The van der Waals surface area contributed by atoms with Gasteiger partial charge in [0.2, 0.25) is 0 Å². The molecule has 0 amide bonds. The van der Waals surface area contributed by atoms with Gasteiger partial charge < -0.3 is 10.5 Å². The molecule has 0 saturated heterocycles.